The van der Waals surface area contributed by atoms with Gasteiger partial charge in [-0.05, 0) is 51.3 Å². The summed E-state index contributed by atoms with van der Waals surface area (Å²) in [7, 11) is 0. The Morgan fingerprint density at radius 2 is 1.93 bits per heavy atom. The fourth-order valence-electron chi connectivity index (χ4n) is 2.21. The first-order valence-electron chi connectivity index (χ1n) is 8.83. The lowest BCUT2D eigenvalue weighted by Gasteiger charge is -2.08. The largest absolute Gasteiger partial charge is 0.491 e. The Morgan fingerprint density at radius 3 is 2.56 bits per heavy atom. The molecule has 0 fully saturated rings. The van der Waals surface area contributed by atoms with Crippen molar-refractivity contribution in [3.63, 3.8) is 0 Å². The summed E-state index contributed by atoms with van der Waals surface area (Å²) in [6, 6.07) is 4.65. The van der Waals surface area contributed by atoms with Crippen LogP contribution in [0.1, 0.15) is 45.1 Å². The molecule has 140 valence electrons. The predicted molar refractivity (Wildman–Crippen MR) is 103 cm³/mol. The summed E-state index contributed by atoms with van der Waals surface area (Å²) < 4.78 is 19.7. The highest BCUT2D eigenvalue weighted by molar-refractivity contribution is 5.56. The van der Waals surface area contributed by atoms with Gasteiger partial charge in [-0.1, -0.05) is 11.8 Å². The van der Waals surface area contributed by atoms with Gasteiger partial charge in [-0.2, -0.15) is 0 Å². The van der Waals surface area contributed by atoms with Crippen molar-refractivity contribution in [3.05, 3.63) is 42.0 Å². The fourth-order valence-corrected chi connectivity index (χ4v) is 2.21. The molecule has 0 bridgehead atoms. The number of halogens is 1. The van der Waals surface area contributed by atoms with E-state index in [2.05, 4.69) is 27.7 Å². The molecule has 2 aromatic rings. The van der Waals surface area contributed by atoms with Crippen LogP contribution in [0.25, 0.3) is 11.4 Å². The molecule has 1 aromatic carbocycles. The maximum absolute atomic E-state index is 14.2. The lowest BCUT2D eigenvalue weighted by Crippen LogP contribution is -2.14. The van der Waals surface area contributed by atoms with Crippen molar-refractivity contribution in [2.24, 2.45) is 0 Å². The van der Waals surface area contributed by atoms with E-state index in [-0.39, 0.29) is 5.75 Å². The summed E-state index contributed by atoms with van der Waals surface area (Å²) in [5.74, 6) is 8.23. The smallest absolute Gasteiger partial charge is 0.165 e. The normalized spacial score (nSPS) is 10.6. The Hall–Kier alpha value is -2.89. The quantitative estimate of drug-likeness (QED) is 0.595. The van der Waals surface area contributed by atoms with Gasteiger partial charge in [0.15, 0.2) is 17.4 Å². The number of terminal acetylenes is 1. The van der Waals surface area contributed by atoms with Crippen molar-refractivity contribution in [1.82, 2.24) is 9.97 Å². The van der Waals surface area contributed by atoms with Crippen LogP contribution in [0.3, 0.4) is 0 Å². The fraction of sp³-hybridized carbons (Fsp3) is 0.364. The number of ether oxygens (including phenoxy) is 1. The third-order valence-electron chi connectivity index (χ3n) is 3.58. The first kappa shape index (κ1) is 20.4. The highest BCUT2D eigenvalue weighted by Gasteiger charge is 2.09. The SMILES string of the molecule is C#CCCCCCOc1ccc(-c2ncc(C#CC(C)(C)O)cn2)cc1F. The van der Waals surface area contributed by atoms with Gasteiger partial charge >= 0.3 is 0 Å². The zero-order valence-electron chi connectivity index (χ0n) is 15.6. The number of rotatable bonds is 7. The van der Waals surface area contributed by atoms with Crippen LogP contribution in [-0.2, 0) is 0 Å². The molecule has 27 heavy (non-hydrogen) atoms. The van der Waals surface area contributed by atoms with Crippen LogP contribution in [0, 0.1) is 30.0 Å². The standard InChI is InChI=1S/C22H23FN2O2/c1-4-5-6-7-8-13-27-20-10-9-18(14-19(20)23)21-24-15-17(16-25-21)11-12-22(2,3)26/h1,9-10,14-16,26H,5-8,13H2,2-3H3. The van der Waals surface area contributed by atoms with Gasteiger partial charge in [0.25, 0.3) is 0 Å². The molecule has 0 saturated carbocycles. The summed E-state index contributed by atoms with van der Waals surface area (Å²) in [6.07, 6.45) is 11.8. The molecule has 0 spiro atoms. The molecule has 0 atom stereocenters. The van der Waals surface area contributed by atoms with Crippen molar-refractivity contribution < 1.29 is 14.2 Å². The van der Waals surface area contributed by atoms with Gasteiger partial charge in [0.05, 0.1) is 12.2 Å². The van der Waals surface area contributed by atoms with Crippen molar-refractivity contribution in [2.75, 3.05) is 6.61 Å². The summed E-state index contributed by atoms with van der Waals surface area (Å²) in [5.41, 5.74) is 0.0425. The van der Waals surface area contributed by atoms with E-state index in [1.807, 2.05) is 0 Å². The van der Waals surface area contributed by atoms with Gasteiger partial charge in [0, 0.05) is 24.4 Å². The van der Waals surface area contributed by atoms with E-state index in [1.54, 1.807) is 38.4 Å². The van der Waals surface area contributed by atoms with Crippen LogP contribution < -0.4 is 4.74 Å². The molecule has 1 heterocycles. The van der Waals surface area contributed by atoms with Gasteiger partial charge in [0.2, 0.25) is 0 Å². The summed E-state index contributed by atoms with van der Waals surface area (Å²) in [5, 5.41) is 9.61. The van der Waals surface area contributed by atoms with E-state index >= 15 is 0 Å². The van der Waals surface area contributed by atoms with Gasteiger partial charge in [-0.3, -0.25) is 0 Å². The Morgan fingerprint density at radius 1 is 1.19 bits per heavy atom. The highest BCUT2D eigenvalue weighted by Crippen LogP contribution is 2.23. The second-order valence-electron chi connectivity index (χ2n) is 6.61. The first-order chi connectivity index (χ1) is 12.9. The van der Waals surface area contributed by atoms with Crippen molar-refractivity contribution in [2.45, 2.75) is 45.1 Å². The second-order valence-corrected chi connectivity index (χ2v) is 6.61. The second kappa shape index (κ2) is 9.71. The monoisotopic (exact) mass is 366 g/mol. The third-order valence-corrected chi connectivity index (χ3v) is 3.58. The predicted octanol–water partition coefficient (Wildman–Crippen LogP) is 3.98. The van der Waals surface area contributed by atoms with Crippen LogP contribution >= 0.6 is 0 Å². The molecule has 0 saturated heterocycles. The van der Waals surface area contributed by atoms with Crippen LogP contribution in [0.15, 0.2) is 30.6 Å². The van der Waals surface area contributed by atoms with Crippen LogP contribution in [0.4, 0.5) is 4.39 Å². The molecule has 2 rings (SSSR count). The van der Waals surface area contributed by atoms with E-state index < -0.39 is 11.4 Å². The number of hydrogen-bond acceptors (Lipinski definition) is 4. The average molecular weight is 366 g/mol. The molecular weight excluding hydrogens is 343 g/mol. The minimum atomic E-state index is -1.08. The molecular formula is C22H23FN2O2. The van der Waals surface area contributed by atoms with E-state index in [9.17, 15) is 9.50 Å². The molecule has 0 aliphatic rings. The van der Waals surface area contributed by atoms with Gasteiger partial charge < -0.3 is 9.84 Å². The summed E-state index contributed by atoms with van der Waals surface area (Å²) >= 11 is 0. The molecule has 0 aliphatic heterocycles. The molecule has 0 aliphatic carbocycles. The average Bonchev–Trinajstić information content (AvgIpc) is 2.64. The molecule has 4 nitrogen and oxygen atoms in total. The van der Waals surface area contributed by atoms with Crippen LogP contribution in [0.5, 0.6) is 5.75 Å². The van der Waals surface area contributed by atoms with Crippen molar-refractivity contribution in [1.29, 1.82) is 0 Å². The number of aromatic nitrogens is 2. The molecule has 1 aromatic heterocycles. The highest BCUT2D eigenvalue weighted by atomic mass is 19.1. The van der Waals surface area contributed by atoms with E-state index in [0.29, 0.717) is 23.6 Å². The lowest BCUT2D eigenvalue weighted by molar-refractivity contribution is 0.143. The van der Waals surface area contributed by atoms with E-state index in [1.165, 1.54) is 6.07 Å². The number of nitrogens with zero attached hydrogens (tertiary/aromatic N) is 2. The van der Waals surface area contributed by atoms with E-state index in [0.717, 1.165) is 25.7 Å². The van der Waals surface area contributed by atoms with Gasteiger partial charge in [-0.25, -0.2) is 14.4 Å². The molecule has 0 radical (unpaired) electrons. The summed E-state index contributed by atoms with van der Waals surface area (Å²) in [6.45, 7) is 3.64. The summed E-state index contributed by atoms with van der Waals surface area (Å²) in [4.78, 5) is 8.41. The van der Waals surface area contributed by atoms with Crippen LogP contribution in [-0.4, -0.2) is 27.3 Å². The molecule has 5 heteroatoms. The third kappa shape index (κ3) is 7.09. The number of aliphatic hydroxyl groups is 1. The van der Waals surface area contributed by atoms with Crippen molar-refractivity contribution >= 4 is 0 Å². The molecule has 0 amide bonds. The maximum atomic E-state index is 14.2. The Labute approximate surface area is 159 Å². The lowest BCUT2D eigenvalue weighted by atomic mass is 10.1. The zero-order valence-corrected chi connectivity index (χ0v) is 15.6. The topological polar surface area (TPSA) is 55.2 Å². The first-order valence-corrected chi connectivity index (χ1v) is 8.83. The zero-order chi connectivity index (χ0) is 19.7. The number of hydrogen-bond donors (Lipinski definition) is 1. The van der Waals surface area contributed by atoms with E-state index in [4.69, 9.17) is 11.2 Å². The number of benzene rings is 1. The Bertz CT molecular complexity index is 853. The Kier molecular flexibility index (Phi) is 7.34. The number of unbranched alkanes of at least 4 members (excludes halogenated alkanes) is 3. The Balaban J connectivity index is 1.98. The van der Waals surface area contributed by atoms with Crippen LogP contribution in [0.2, 0.25) is 0 Å². The van der Waals surface area contributed by atoms with Gasteiger partial charge in [0.1, 0.15) is 5.60 Å². The molecule has 0 unspecified atom stereocenters. The molecule has 1 N–H and O–H groups in total. The maximum Gasteiger partial charge on any atom is 0.165 e. The van der Waals surface area contributed by atoms with Crippen molar-refractivity contribution in [3.8, 4) is 41.3 Å². The minimum absolute atomic E-state index is 0.211. The van der Waals surface area contributed by atoms with Gasteiger partial charge in [-0.15, -0.1) is 12.3 Å². The minimum Gasteiger partial charge on any atom is -0.491 e.